The van der Waals surface area contributed by atoms with Gasteiger partial charge in [-0.3, -0.25) is 0 Å². The summed E-state index contributed by atoms with van der Waals surface area (Å²) in [6.45, 7) is 2.14. The Morgan fingerprint density at radius 3 is 2.93 bits per heavy atom. The number of likely N-dealkylation sites (N-methyl/N-ethyl adjacent to an activating group) is 1. The first-order chi connectivity index (χ1) is 7.27. The number of thiazole rings is 1. The summed E-state index contributed by atoms with van der Waals surface area (Å²) in [5.41, 5.74) is 0. The maximum absolute atomic E-state index is 4.42. The second kappa shape index (κ2) is 5.05. The topological polar surface area (TPSA) is 28.2 Å². The van der Waals surface area contributed by atoms with Crippen LogP contribution in [0.1, 0.15) is 23.9 Å². The van der Waals surface area contributed by atoms with Gasteiger partial charge in [0, 0.05) is 24.7 Å². The van der Waals surface area contributed by atoms with Crippen LogP contribution >= 0.6 is 11.3 Å². The van der Waals surface area contributed by atoms with Crippen molar-refractivity contribution in [2.45, 2.75) is 18.9 Å². The van der Waals surface area contributed by atoms with Crippen LogP contribution in [0.4, 0.5) is 0 Å². The number of hydrogen-bond acceptors (Lipinski definition) is 4. The largest absolute Gasteiger partial charge is 0.308 e. The summed E-state index contributed by atoms with van der Waals surface area (Å²) in [5.74, 6) is 0.832. The van der Waals surface area contributed by atoms with Crippen LogP contribution in [0.2, 0.25) is 0 Å². The van der Waals surface area contributed by atoms with Crippen LogP contribution in [0.5, 0.6) is 0 Å². The molecule has 0 saturated heterocycles. The highest BCUT2D eigenvalue weighted by Gasteiger charge is 2.33. The van der Waals surface area contributed by atoms with Crippen molar-refractivity contribution in [1.29, 1.82) is 0 Å². The van der Waals surface area contributed by atoms with Gasteiger partial charge in [0.15, 0.2) is 0 Å². The molecule has 0 radical (unpaired) electrons. The van der Waals surface area contributed by atoms with E-state index in [4.69, 9.17) is 0 Å². The van der Waals surface area contributed by atoms with Crippen LogP contribution < -0.4 is 5.32 Å². The van der Waals surface area contributed by atoms with Gasteiger partial charge in [-0.1, -0.05) is 0 Å². The number of aromatic nitrogens is 1. The van der Waals surface area contributed by atoms with E-state index in [1.807, 2.05) is 6.20 Å². The standard InChI is InChI=1S/C11H19N3S/c1-14(2)7-5-12-10(9-3-4-9)11-13-6-8-15-11/h6,8-10,12H,3-5,7H2,1-2H3. The highest BCUT2D eigenvalue weighted by atomic mass is 32.1. The molecule has 1 aromatic rings. The smallest absolute Gasteiger partial charge is 0.110 e. The fraction of sp³-hybridized carbons (Fsp3) is 0.727. The molecule has 1 fully saturated rings. The van der Waals surface area contributed by atoms with Crippen LogP contribution in [0.3, 0.4) is 0 Å². The van der Waals surface area contributed by atoms with Gasteiger partial charge in [-0.2, -0.15) is 0 Å². The summed E-state index contributed by atoms with van der Waals surface area (Å²) in [6, 6.07) is 0.505. The molecule has 4 heteroatoms. The fourth-order valence-electron chi connectivity index (χ4n) is 1.72. The van der Waals surface area contributed by atoms with E-state index >= 15 is 0 Å². The molecule has 15 heavy (non-hydrogen) atoms. The van der Waals surface area contributed by atoms with E-state index in [1.165, 1.54) is 17.8 Å². The molecule has 0 aliphatic heterocycles. The van der Waals surface area contributed by atoms with E-state index in [0.29, 0.717) is 6.04 Å². The number of hydrogen-bond donors (Lipinski definition) is 1. The lowest BCUT2D eigenvalue weighted by molar-refractivity contribution is 0.374. The minimum atomic E-state index is 0.505. The molecule has 1 atom stereocenters. The van der Waals surface area contributed by atoms with Gasteiger partial charge in [0.25, 0.3) is 0 Å². The third-order valence-electron chi connectivity index (χ3n) is 2.73. The van der Waals surface area contributed by atoms with E-state index < -0.39 is 0 Å². The average molecular weight is 225 g/mol. The summed E-state index contributed by atoms with van der Waals surface area (Å²) in [5, 5.41) is 6.95. The first-order valence-electron chi connectivity index (χ1n) is 5.55. The summed E-state index contributed by atoms with van der Waals surface area (Å²) < 4.78 is 0. The molecule has 1 aliphatic carbocycles. The third-order valence-corrected chi connectivity index (χ3v) is 3.59. The van der Waals surface area contributed by atoms with Gasteiger partial charge in [-0.15, -0.1) is 11.3 Å². The van der Waals surface area contributed by atoms with Gasteiger partial charge in [0.1, 0.15) is 5.01 Å². The van der Waals surface area contributed by atoms with Crippen molar-refractivity contribution in [2.75, 3.05) is 27.2 Å². The molecule has 0 bridgehead atoms. The lowest BCUT2D eigenvalue weighted by atomic mass is 10.2. The van der Waals surface area contributed by atoms with Crippen LogP contribution in [0.15, 0.2) is 11.6 Å². The van der Waals surface area contributed by atoms with Crippen molar-refractivity contribution in [2.24, 2.45) is 5.92 Å². The molecule has 84 valence electrons. The van der Waals surface area contributed by atoms with Crippen molar-refractivity contribution in [3.05, 3.63) is 16.6 Å². The Balaban J connectivity index is 1.84. The van der Waals surface area contributed by atoms with Crippen molar-refractivity contribution in [3.63, 3.8) is 0 Å². The lowest BCUT2D eigenvalue weighted by Crippen LogP contribution is -2.30. The predicted octanol–water partition coefficient (Wildman–Crippen LogP) is 1.75. The maximum Gasteiger partial charge on any atom is 0.110 e. The monoisotopic (exact) mass is 225 g/mol. The van der Waals surface area contributed by atoms with E-state index in [9.17, 15) is 0 Å². The van der Waals surface area contributed by atoms with Crippen LogP contribution in [-0.4, -0.2) is 37.1 Å². The molecule has 0 spiro atoms. The minimum Gasteiger partial charge on any atom is -0.308 e. The van der Waals surface area contributed by atoms with E-state index in [2.05, 4.69) is 34.7 Å². The first kappa shape index (κ1) is 11.0. The molecule has 1 heterocycles. The third kappa shape index (κ3) is 3.26. The average Bonchev–Trinajstić information content (AvgIpc) is 2.88. The zero-order valence-corrected chi connectivity index (χ0v) is 10.3. The van der Waals surface area contributed by atoms with Crippen molar-refractivity contribution >= 4 is 11.3 Å². The molecule has 1 aliphatic rings. The zero-order chi connectivity index (χ0) is 10.7. The Labute approximate surface area is 95.5 Å². The van der Waals surface area contributed by atoms with Gasteiger partial charge in [0.2, 0.25) is 0 Å². The van der Waals surface area contributed by atoms with E-state index in [0.717, 1.165) is 19.0 Å². The Bertz CT molecular complexity index is 280. The molecule has 1 unspecified atom stereocenters. The summed E-state index contributed by atoms with van der Waals surface area (Å²) in [6.07, 6.45) is 4.63. The Hall–Kier alpha value is -0.450. The normalized spacial score (nSPS) is 18.3. The van der Waals surface area contributed by atoms with Gasteiger partial charge in [-0.25, -0.2) is 4.98 Å². The van der Waals surface area contributed by atoms with Gasteiger partial charge >= 0.3 is 0 Å². The second-order valence-corrected chi connectivity index (χ2v) is 5.37. The molecule has 1 aromatic heterocycles. The van der Waals surface area contributed by atoms with Crippen LogP contribution in [0.25, 0.3) is 0 Å². The Morgan fingerprint density at radius 2 is 2.40 bits per heavy atom. The van der Waals surface area contributed by atoms with E-state index in [-0.39, 0.29) is 0 Å². The minimum absolute atomic E-state index is 0.505. The quantitative estimate of drug-likeness (QED) is 0.799. The van der Waals surface area contributed by atoms with Crippen molar-refractivity contribution in [3.8, 4) is 0 Å². The number of rotatable bonds is 6. The molecule has 2 rings (SSSR count). The molecule has 0 amide bonds. The number of nitrogens with one attached hydrogen (secondary N) is 1. The van der Waals surface area contributed by atoms with Crippen molar-refractivity contribution in [1.82, 2.24) is 15.2 Å². The van der Waals surface area contributed by atoms with Gasteiger partial charge in [-0.05, 0) is 32.9 Å². The lowest BCUT2D eigenvalue weighted by Gasteiger charge is -2.17. The molecule has 0 aromatic carbocycles. The molecular formula is C11H19N3S. The zero-order valence-electron chi connectivity index (χ0n) is 9.44. The molecular weight excluding hydrogens is 206 g/mol. The first-order valence-corrected chi connectivity index (χ1v) is 6.43. The SMILES string of the molecule is CN(C)CCNC(c1nccs1)C1CC1. The summed E-state index contributed by atoms with van der Waals surface area (Å²) in [4.78, 5) is 6.63. The van der Waals surface area contributed by atoms with Gasteiger partial charge in [0.05, 0.1) is 6.04 Å². The molecule has 3 nitrogen and oxygen atoms in total. The van der Waals surface area contributed by atoms with Crippen molar-refractivity contribution < 1.29 is 0 Å². The second-order valence-electron chi connectivity index (χ2n) is 4.44. The van der Waals surface area contributed by atoms with Gasteiger partial charge < -0.3 is 10.2 Å². The van der Waals surface area contributed by atoms with Crippen LogP contribution in [0, 0.1) is 5.92 Å². The highest BCUT2D eigenvalue weighted by molar-refractivity contribution is 7.09. The van der Waals surface area contributed by atoms with Crippen LogP contribution in [-0.2, 0) is 0 Å². The molecule has 1 saturated carbocycles. The fourth-order valence-corrected chi connectivity index (χ4v) is 2.52. The predicted molar refractivity (Wildman–Crippen MR) is 64.1 cm³/mol. The summed E-state index contributed by atoms with van der Waals surface area (Å²) in [7, 11) is 4.22. The Kier molecular flexibility index (Phi) is 3.72. The molecule has 1 N–H and O–H groups in total. The maximum atomic E-state index is 4.42. The Morgan fingerprint density at radius 1 is 1.60 bits per heavy atom. The number of nitrogens with zero attached hydrogens (tertiary/aromatic N) is 2. The summed E-state index contributed by atoms with van der Waals surface area (Å²) >= 11 is 1.77. The van der Waals surface area contributed by atoms with E-state index in [1.54, 1.807) is 11.3 Å². The highest BCUT2D eigenvalue weighted by Crippen LogP contribution is 2.41.